The zero-order valence-electron chi connectivity index (χ0n) is 9.23. The first-order valence-corrected chi connectivity index (χ1v) is 5.80. The van der Waals surface area contributed by atoms with Crippen LogP contribution in [0.4, 0.5) is 4.39 Å². The third-order valence-corrected chi connectivity index (χ3v) is 3.44. The number of halogens is 1. The Kier molecular flexibility index (Phi) is 2.55. The topological polar surface area (TPSA) is 51.2 Å². The van der Waals surface area contributed by atoms with Crippen LogP contribution in [0, 0.1) is 5.82 Å². The summed E-state index contributed by atoms with van der Waals surface area (Å²) in [5, 5.41) is 2.84. The fourth-order valence-electron chi connectivity index (χ4n) is 2.60. The molecule has 0 aromatic carbocycles. The number of hydrogen-bond acceptors (Lipinski definition) is 3. The van der Waals surface area contributed by atoms with Crippen molar-refractivity contribution in [2.24, 2.45) is 0 Å². The molecule has 2 fully saturated rings. The van der Waals surface area contributed by atoms with E-state index in [9.17, 15) is 9.18 Å². The minimum atomic E-state index is -0.589. The van der Waals surface area contributed by atoms with Crippen LogP contribution in [0.1, 0.15) is 29.6 Å². The van der Waals surface area contributed by atoms with Crippen LogP contribution in [0.25, 0.3) is 0 Å². The summed E-state index contributed by atoms with van der Waals surface area (Å²) in [6, 6.07) is 1.41. The monoisotopic (exact) mass is 236 g/mol. The highest BCUT2D eigenvalue weighted by molar-refractivity contribution is 5.94. The first-order valence-electron chi connectivity index (χ1n) is 5.80. The number of aromatic nitrogens is 1. The number of nitrogens with one attached hydrogen (secondary N) is 1. The molecule has 1 N–H and O–H groups in total. The lowest BCUT2D eigenvalue weighted by Crippen LogP contribution is -2.41. The second-order valence-corrected chi connectivity index (χ2v) is 4.55. The maximum Gasteiger partial charge on any atom is 0.254 e. The SMILES string of the molecule is O=C(NC1CC2CCC1O2)c1ccncc1F. The Balaban J connectivity index is 1.70. The molecule has 0 radical (unpaired) electrons. The van der Waals surface area contributed by atoms with Gasteiger partial charge in [-0.2, -0.15) is 0 Å². The van der Waals surface area contributed by atoms with Crippen LogP contribution in [-0.4, -0.2) is 29.1 Å². The molecular formula is C12H13FN2O2. The Bertz CT molecular complexity index is 452. The Morgan fingerprint density at radius 3 is 3.06 bits per heavy atom. The van der Waals surface area contributed by atoms with Crippen molar-refractivity contribution in [3.8, 4) is 0 Å². The van der Waals surface area contributed by atoms with Gasteiger partial charge in [0.05, 0.1) is 30.0 Å². The van der Waals surface area contributed by atoms with E-state index in [4.69, 9.17) is 4.74 Å². The maximum atomic E-state index is 13.3. The van der Waals surface area contributed by atoms with Crippen molar-refractivity contribution >= 4 is 5.91 Å². The average molecular weight is 236 g/mol. The highest BCUT2D eigenvalue weighted by atomic mass is 19.1. The number of carbonyl (C=O) groups excluding carboxylic acids is 1. The van der Waals surface area contributed by atoms with Gasteiger partial charge in [0, 0.05) is 6.20 Å². The molecule has 5 heteroatoms. The standard InChI is InChI=1S/C12H13FN2O2/c13-9-6-14-4-3-8(9)12(16)15-10-5-7-1-2-11(10)17-7/h3-4,6-7,10-11H,1-2,5H2,(H,15,16). The summed E-state index contributed by atoms with van der Waals surface area (Å²) in [5.74, 6) is -0.972. The van der Waals surface area contributed by atoms with Crippen molar-refractivity contribution in [2.45, 2.75) is 37.5 Å². The lowest BCUT2D eigenvalue weighted by Gasteiger charge is -2.20. The van der Waals surface area contributed by atoms with Crippen LogP contribution >= 0.6 is 0 Å². The molecule has 3 rings (SSSR count). The van der Waals surface area contributed by atoms with Gasteiger partial charge in [0.15, 0.2) is 5.82 Å². The number of fused-ring (bicyclic) bond motifs is 2. The normalized spacial score (nSPS) is 30.5. The van der Waals surface area contributed by atoms with E-state index in [-0.39, 0.29) is 29.7 Å². The summed E-state index contributed by atoms with van der Waals surface area (Å²) in [4.78, 5) is 15.5. The summed E-state index contributed by atoms with van der Waals surface area (Å²) in [7, 11) is 0. The van der Waals surface area contributed by atoms with Crippen molar-refractivity contribution in [3.63, 3.8) is 0 Å². The van der Waals surface area contributed by atoms with Gasteiger partial charge in [0.1, 0.15) is 0 Å². The summed E-state index contributed by atoms with van der Waals surface area (Å²) < 4.78 is 19.0. The molecular weight excluding hydrogens is 223 g/mol. The smallest absolute Gasteiger partial charge is 0.254 e. The average Bonchev–Trinajstić information content (AvgIpc) is 2.91. The lowest BCUT2D eigenvalue weighted by atomic mass is 9.95. The second-order valence-electron chi connectivity index (χ2n) is 4.55. The van der Waals surface area contributed by atoms with Crippen molar-refractivity contribution in [3.05, 3.63) is 29.8 Å². The van der Waals surface area contributed by atoms with E-state index in [0.717, 1.165) is 25.5 Å². The van der Waals surface area contributed by atoms with E-state index in [1.165, 1.54) is 12.3 Å². The van der Waals surface area contributed by atoms with Crippen molar-refractivity contribution in [1.29, 1.82) is 0 Å². The Hall–Kier alpha value is -1.49. The molecule has 4 nitrogen and oxygen atoms in total. The lowest BCUT2D eigenvalue weighted by molar-refractivity contribution is 0.0838. The molecule has 17 heavy (non-hydrogen) atoms. The number of rotatable bonds is 2. The van der Waals surface area contributed by atoms with Crippen LogP contribution in [0.3, 0.4) is 0 Å². The van der Waals surface area contributed by atoms with Gasteiger partial charge in [-0.25, -0.2) is 4.39 Å². The molecule has 3 atom stereocenters. The molecule has 90 valence electrons. The summed E-state index contributed by atoms with van der Waals surface area (Å²) in [5.41, 5.74) is 0.0442. The zero-order valence-corrected chi connectivity index (χ0v) is 9.23. The number of hydrogen-bond donors (Lipinski definition) is 1. The van der Waals surface area contributed by atoms with Gasteiger partial charge < -0.3 is 10.1 Å². The fraction of sp³-hybridized carbons (Fsp3) is 0.500. The third kappa shape index (κ3) is 1.91. The Morgan fingerprint density at radius 1 is 1.53 bits per heavy atom. The fourth-order valence-corrected chi connectivity index (χ4v) is 2.60. The van der Waals surface area contributed by atoms with Gasteiger partial charge in [-0.3, -0.25) is 9.78 Å². The van der Waals surface area contributed by atoms with Gasteiger partial charge in [-0.05, 0) is 25.3 Å². The predicted octanol–water partition coefficient (Wildman–Crippen LogP) is 1.27. The van der Waals surface area contributed by atoms with Gasteiger partial charge in [0.25, 0.3) is 5.91 Å². The number of amides is 1. The quantitative estimate of drug-likeness (QED) is 0.841. The first-order chi connectivity index (χ1) is 8.24. The first kappa shape index (κ1) is 10.7. The predicted molar refractivity (Wildman–Crippen MR) is 58.0 cm³/mol. The van der Waals surface area contributed by atoms with Gasteiger partial charge in [0.2, 0.25) is 0 Å². The van der Waals surface area contributed by atoms with E-state index >= 15 is 0 Å². The molecule has 2 aliphatic rings. The Morgan fingerprint density at radius 2 is 2.41 bits per heavy atom. The number of pyridine rings is 1. The van der Waals surface area contributed by atoms with E-state index in [1.54, 1.807) is 0 Å². The number of carbonyl (C=O) groups is 1. The molecule has 2 aliphatic heterocycles. The highest BCUT2D eigenvalue weighted by Gasteiger charge is 2.41. The molecule has 2 bridgehead atoms. The van der Waals surface area contributed by atoms with Gasteiger partial charge in [-0.15, -0.1) is 0 Å². The molecule has 2 saturated heterocycles. The number of nitrogens with zero attached hydrogens (tertiary/aromatic N) is 1. The van der Waals surface area contributed by atoms with E-state index in [2.05, 4.69) is 10.3 Å². The minimum absolute atomic E-state index is 0.0221. The third-order valence-electron chi connectivity index (χ3n) is 3.44. The second kappa shape index (κ2) is 4.07. The van der Waals surface area contributed by atoms with Crippen molar-refractivity contribution in [1.82, 2.24) is 10.3 Å². The highest BCUT2D eigenvalue weighted by Crippen LogP contribution is 2.34. The molecule has 1 aromatic heterocycles. The van der Waals surface area contributed by atoms with Crippen molar-refractivity contribution in [2.75, 3.05) is 0 Å². The van der Waals surface area contributed by atoms with Crippen LogP contribution in [0.2, 0.25) is 0 Å². The van der Waals surface area contributed by atoms with E-state index in [0.29, 0.717) is 0 Å². The minimum Gasteiger partial charge on any atom is -0.373 e. The van der Waals surface area contributed by atoms with E-state index < -0.39 is 5.82 Å². The van der Waals surface area contributed by atoms with Crippen LogP contribution in [0.15, 0.2) is 18.5 Å². The zero-order chi connectivity index (χ0) is 11.8. The van der Waals surface area contributed by atoms with E-state index in [1.807, 2.05) is 0 Å². The Labute approximate surface area is 98.2 Å². The summed E-state index contributed by atoms with van der Waals surface area (Å²) in [6.07, 6.45) is 5.72. The summed E-state index contributed by atoms with van der Waals surface area (Å²) >= 11 is 0. The molecule has 1 amide bonds. The number of ether oxygens (including phenoxy) is 1. The van der Waals surface area contributed by atoms with Gasteiger partial charge in [-0.1, -0.05) is 0 Å². The van der Waals surface area contributed by atoms with Gasteiger partial charge >= 0.3 is 0 Å². The molecule has 3 unspecified atom stereocenters. The molecule has 0 saturated carbocycles. The molecule has 3 heterocycles. The largest absolute Gasteiger partial charge is 0.373 e. The van der Waals surface area contributed by atoms with Crippen LogP contribution < -0.4 is 5.32 Å². The van der Waals surface area contributed by atoms with Crippen LogP contribution in [-0.2, 0) is 4.74 Å². The summed E-state index contributed by atoms with van der Waals surface area (Å²) in [6.45, 7) is 0. The van der Waals surface area contributed by atoms with Crippen LogP contribution in [0.5, 0.6) is 0 Å². The van der Waals surface area contributed by atoms with Crippen molar-refractivity contribution < 1.29 is 13.9 Å². The molecule has 0 spiro atoms. The molecule has 0 aliphatic carbocycles. The molecule has 1 aromatic rings. The maximum absolute atomic E-state index is 13.3.